The molecule has 1 aromatic carbocycles. The summed E-state index contributed by atoms with van der Waals surface area (Å²) in [4.78, 5) is 12.0. The van der Waals surface area contributed by atoms with E-state index in [1.807, 2.05) is 0 Å². The summed E-state index contributed by atoms with van der Waals surface area (Å²) in [6.07, 6.45) is 1.64. The van der Waals surface area contributed by atoms with E-state index in [0.29, 0.717) is 19.3 Å². The van der Waals surface area contributed by atoms with Crippen LogP contribution in [0.25, 0.3) is 0 Å². The Labute approximate surface area is 133 Å². The Balaban J connectivity index is 2.24. The van der Waals surface area contributed by atoms with Gasteiger partial charge in [-0.05, 0) is 43.5 Å². The van der Waals surface area contributed by atoms with Crippen LogP contribution in [0.4, 0.5) is 4.39 Å². The standard InChI is InChI=1S/C14H18FN3O4S/c15-10-4-6-11(7-5-10)23(20,21)18-8-2-1-3-12(18)14(19)22-9-13(16)17/h4-7,12H,1-3,8-9H2,(H3,16,17)/t12-/m0/s1. The highest BCUT2D eigenvalue weighted by Gasteiger charge is 2.38. The Kier molecular flexibility index (Phi) is 5.32. The number of halogens is 1. The normalized spacial score (nSPS) is 19.3. The summed E-state index contributed by atoms with van der Waals surface area (Å²) in [7, 11) is -3.93. The highest BCUT2D eigenvalue weighted by molar-refractivity contribution is 7.89. The number of carbonyl (C=O) groups excluding carboxylic acids is 1. The first-order chi connectivity index (χ1) is 10.8. The predicted molar refractivity (Wildman–Crippen MR) is 80.8 cm³/mol. The van der Waals surface area contributed by atoms with E-state index in [1.54, 1.807) is 0 Å². The van der Waals surface area contributed by atoms with Crippen molar-refractivity contribution in [1.29, 1.82) is 5.41 Å². The largest absolute Gasteiger partial charge is 0.456 e. The molecule has 1 fully saturated rings. The van der Waals surface area contributed by atoms with Crippen LogP contribution in [0.3, 0.4) is 0 Å². The minimum atomic E-state index is -3.93. The molecule has 1 aromatic rings. The third-order valence-electron chi connectivity index (χ3n) is 3.52. The summed E-state index contributed by atoms with van der Waals surface area (Å²) in [5.74, 6) is -1.59. The number of esters is 1. The molecule has 126 valence electrons. The van der Waals surface area contributed by atoms with Gasteiger partial charge in [-0.2, -0.15) is 4.31 Å². The summed E-state index contributed by atoms with van der Waals surface area (Å²) >= 11 is 0. The maximum Gasteiger partial charge on any atom is 0.324 e. The van der Waals surface area contributed by atoms with Crippen LogP contribution >= 0.6 is 0 Å². The fourth-order valence-corrected chi connectivity index (χ4v) is 4.06. The molecule has 9 heteroatoms. The summed E-state index contributed by atoms with van der Waals surface area (Å²) in [6.45, 7) is -0.195. The summed E-state index contributed by atoms with van der Waals surface area (Å²) < 4.78 is 44.3. The van der Waals surface area contributed by atoms with Crippen molar-refractivity contribution < 1.29 is 22.3 Å². The molecule has 1 aliphatic rings. The molecule has 0 aromatic heterocycles. The van der Waals surface area contributed by atoms with Crippen LogP contribution < -0.4 is 5.73 Å². The maximum atomic E-state index is 13.0. The lowest BCUT2D eigenvalue weighted by molar-refractivity contribution is -0.147. The van der Waals surface area contributed by atoms with E-state index in [4.69, 9.17) is 15.9 Å². The Bertz CT molecular complexity index is 690. The SMILES string of the molecule is N=C(N)COC(=O)[C@@H]1CCCCN1S(=O)(=O)c1ccc(F)cc1. The number of sulfonamides is 1. The molecule has 0 bridgehead atoms. The molecular weight excluding hydrogens is 325 g/mol. The van der Waals surface area contributed by atoms with Crippen LogP contribution in [0.1, 0.15) is 19.3 Å². The molecule has 3 N–H and O–H groups in total. The van der Waals surface area contributed by atoms with Crippen molar-refractivity contribution in [2.45, 2.75) is 30.2 Å². The fraction of sp³-hybridized carbons (Fsp3) is 0.429. The number of nitrogens with one attached hydrogen (secondary N) is 1. The molecule has 1 saturated heterocycles. The quantitative estimate of drug-likeness (QED) is 0.467. The second kappa shape index (κ2) is 7.05. The molecule has 0 saturated carbocycles. The van der Waals surface area contributed by atoms with Crippen molar-refractivity contribution in [1.82, 2.24) is 4.31 Å². The molecule has 23 heavy (non-hydrogen) atoms. The van der Waals surface area contributed by atoms with Crippen molar-refractivity contribution in [3.8, 4) is 0 Å². The van der Waals surface area contributed by atoms with Gasteiger partial charge in [-0.15, -0.1) is 0 Å². The number of nitrogens with zero attached hydrogens (tertiary/aromatic N) is 1. The van der Waals surface area contributed by atoms with Gasteiger partial charge in [0, 0.05) is 6.54 Å². The van der Waals surface area contributed by atoms with Crippen LogP contribution in [0, 0.1) is 11.2 Å². The lowest BCUT2D eigenvalue weighted by Crippen LogP contribution is -2.48. The van der Waals surface area contributed by atoms with Crippen molar-refractivity contribution >= 4 is 21.8 Å². The first-order valence-corrected chi connectivity index (χ1v) is 8.53. The maximum absolute atomic E-state index is 13.0. The van der Waals surface area contributed by atoms with Crippen molar-refractivity contribution in [3.05, 3.63) is 30.1 Å². The van der Waals surface area contributed by atoms with E-state index in [2.05, 4.69) is 0 Å². The van der Waals surface area contributed by atoms with Crippen LogP contribution in [-0.4, -0.2) is 43.7 Å². The zero-order valence-electron chi connectivity index (χ0n) is 12.4. The van der Waals surface area contributed by atoms with Crippen LogP contribution in [0.5, 0.6) is 0 Å². The fourth-order valence-electron chi connectivity index (χ4n) is 2.42. The van der Waals surface area contributed by atoms with E-state index in [1.165, 1.54) is 0 Å². The lowest BCUT2D eigenvalue weighted by Gasteiger charge is -2.32. The van der Waals surface area contributed by atoms with Gasteiger partial charge in [0.15, 0.2) is 0 Å². The molecule has 1 atom stereocenters. The summed E-state index contributed by atoms with van der Waals surface area (Å²) in [6, 6.07) is 3.48. The second-order valence-corrected chi connectivity index (χ2v) is 7.10. The minimum absolute atomic E-state index is 0.0785. The average molecular weight is 343 g/mol. The van der Waals surface area contributed by atoms with E-state index < -0.39 is 27.9 Å². The molecule has 0 spiro atoms. The third kappa shape index (κ3) is 4.05. The lowest BCUT2D eigenvalue weighted by atomic mass is 10.1. The number of piperidine rings is 1. The first-order valence-electron chi connectivity index (χ1n) is 7.09. The van der Waals surface area contributed by atoms with Gasteiger partial charge in [0.1, 0.15) is 24.3 Å². The molecule has 0 amide bonds. The van der Waals surface area contributed by atoms with Crippen LogP contribution in [-0.2, 0) is 19.6 Å². The van der Waals surface area contributed by atoms with Crippen LogP contribution in [0.2, 0.25) is 0 Å². The molecule has 7 nitrogen and oxygen atoms in total. The van der Waals surface area contributed by atoms with Gasteiger partial charge in [-0.3, -0.25) is 10.2 Å². The first kappa shape index (κ1) is 17.4. The number of carbonyl (C=O) groups is 1. The molecule has 2 rings (SSSR count). The molecule has 1 aliphatic heterocycles. The smallest absolute Gasteiger partial charge is 0.324 e. The van der Waals surface area contributed by atoms with Gasteiger partial charge in [0.2, 0.25) is 10.0 Å². The highest BCUT2D eigenvalue weighted by atomic mass is 32.2. The Morgan fingerprint density at radius 1 is 1.35 bits per heavy atom. The van der Waals surface area contributed by atoms with Gasteiger partial charge >= 0.3 is 5.97 Å². The van der Waals surface area contributed by atoms with Crippen molar-refractivity contribution in [2.75, 3.05) is 13.2 Å². The number of benzene rings is 1. The molecule has 0 unspecified atom stereocenters. The summed E-state index contributed by atoms with van der Waals surface area (Å²) in [5.41, 5.74) is 5.13. The number of rotatable bonds is 5. The van der Waals surface area contributed by atoms with E-state index in [9.17, 15) is 17.6 Å². The molecule has 0 radical (unpaired) electrons. The Morgan fingerprint density at radius 3 is 2.61 bits per heavy atom. The zero-order valence-corrected chi connectivity index (χ0v) is 13.2. The van der Waals surface area contributed by atoms with Gasteiger partial charge in [-0.1, -0.05) is 0 Å². The van der Waals surface area contributed by atoms with E-state index in [-0.39, 0.29) is 23.9 Å². The van der Waals surface area contributed by atoms with Gasteiger partial charge in [0.05, 0.1) is 4.90 Å². The van der Waals surface area contributed by atoms with Crippen LogP contribution in [0.15, 0.2) is 29.2 Å². The predicted octanol–water partition coefficient (Wildman–Crippen LogP) is 0.848. The minimum Gasteiger partial charge on any atom is -0.456 e. The van der Waals surface area contributed by atoms with Gasteiger partial charge in [0.25, 0.3) is 0 Å². The van der Waals surface area contributed by atoms with Crippen molar-refractivity contribution in [2.24, 2.45) is 5.73 Å². The molecule has 1 heterocycles. The summed E-state index contributed by atoms with van der Waals surface area (Å²) in [5, 5.41) is 7.06. The second-order valence-electron chi connectivity index (χ2n) is 5.21. The topological polar surface area (TPSA) is 114 Å². The molecule has 0 aliphatic carbocycles. The number of hydrogen-bond donors (Lipinski definition) is 2. The molecular formula is C14H18FN3O4S. The number of amidine groups is 1. The van der Waals surface area contributed by atoms with Crippen molar-refractivity contribution in [3.63, 3.8) is 0 Å². The number of nitrogens with two attached hydrogens (primary N) is 1. The zero-order chi connectivity index (χ0) is 17.0. The van der Waals surface area contributed by atoms with E-state index in [0.717, 1.165) is 28.6 Å². The average Bonchev–Trinajstić information content (AvgIpc) is 2.53. The number of hydrogen-bond acceptors (Lipinski definition) is 5. The Hall–Kier alpha value is -2.00. The third-order valence-corrected chi connectivity index (χ3v) is 5.44. The van der Waals surface area contributed by atoms with Gasteiger partial charge in [-0.25, -0.2) is 12.8 Å². The van der Waals surface area contributed by atoms with E-state index >= 15 is 0 Å². The number of ether oxygens (including phenoxy) is 1. The highest BCUT2D eigenvalue weighted by Crippen LogP contribution is 2.26. The van der Waals surface area contributed by atoms with Gasteiger partial charge < -0.3 is 10.5 Å². The Morgan fingerprint density at radius 2 is 2.00 bits per heavy atom. The monoisotopic (exact) mass is 343 g/mol.